The normalized spacial score (nSPS) is 25.5. The molecule has 2 aromatic rings. The van der Waals surface area contributed by atoms with Crippen molar-refractivity contribution < 1.29 is 23.0 Å². The Bertz CT molecular complexity index is 1120. The maximum Gasteiger partial charge on any atom is 0.243 e. The summed E-state index contributed by atoms with van der Waals surface area (Å²) < 4.78 is 38.4. The number of phenolic OH excluding ortho intramolecular Hbond substituents is 1. The van der Waals surface area contributed by atoms with E-state index in [1.165, 1.54) is 4.31 Å². The Balaban J connectivity index is 1.53. The number of ether oxygens (including phenoxy) is 2. The smallest absolute Gasteiger partial charge is 0.243 e. The minimum Gasteiger partial charge on any atom is -0.504 e. The van der Waals surface area contributed by atoms with Crippen molar-refractivity contribution in [1.29, 1.82) is 0 Å². The summed E-state index contributed by atoms with van der Waals surface area (Å²) in [5.41, 5.74) is 2.65. The van der Waals surface area contributed by atoms with Gasteiger partial charge in [0, 0.05) is 30.3 Å². The van der Waals surface area contributed by atoms with Gasteiger partial charge in [-0.1, -0.05) is 24.3 Å². The highest BCUT2D eigenvalue weighted by molar-refractivity contribution is 7.89. The molecule has 0 aromatic heterocycles. The second-order valence-corrected chi connectivity index (χ2v) is 10.1. The van der Waals surface area contributed by atoms with Gasteiger partial charge in [0.25, 0.3) is 0 Å². The van der Waals surface area contributed by atoms with Gasteiger partial charge >= 0.3 is 0 Å². The summed E-state index contributed by atoms with van der Waals surface area (Å²) >= 11 is 0. The molecule has 0 amide bonds. The molecule has 3 aliphatic rings. The molecule has 8 heteroatoms. The number of hydrogen-bond acceptors (Lipinski definition) is 6. The van der Waals surface area contributed by atoms with Crippen LogP contribution < -0.4 is 10.1 Å². The molecule has 5 rings (SSSR count). The lowest BCUT2D eigenvalue weighted by Gasteiger charge is -2.38. The van der Waals surface area contributed by atoms with Gasteiger partial charge in [0.15, 0.2) is 11.5 Å². The number of fused-ring (bicyclic) bond motifs is 3. The van der Waals surface area contributed by atoms with Gasteiger partial charge in [-0.05, 0) is 42.2 Å². The fourth-order valence-electron chi connectivity index (χ4n) is 4.93. The fourth-order valence-corrected chi connectivity index (χ4v) is 6.38. The van der Waals surface area contributed by atoms with Crippen molar-refractivity contribution >= 4 is 15.7 Å². The number of phenols is 1. The molecule has 31 heavy (non-hydrogen) atoms. The van der Waals surface area contributed by atoms with Gasteiger partial charge in [-0.3, -0.25) is 0 Å². The molecule has 2 heterocycles. The van der Waals surface area contributed by atoms with Crippen molar-refractivity contribution in [3.63, 3.8) is 0 Å². The number of nitrogens with zero attached hydrogens (tertiary/aromatic N) is 1. The third kappa shape index (κ3) is 3.39. The monoisotopic (exact) mass is 442 g/mol. The number of methoxy groups -OCH3 is 1. The molecule has 0 spiro atoms. The van der Waals surface area contributed by atoms with Crippen LogP contribution in [0, 0.1) is 5.92 Å². The molecule has 2 aliphatic heterocycles. The van der Waals surface area contributed by atoms with E-state index in [1.54, 1.807) is 19.2 Å². The average Bonchev–Trinajstić information content (AvgIpc) is 3.29. The van der Waals surface area contributed by atoms with Crippen LogP contribution in [-0.2, 0) is 14.8 Å². The van der Waals surface area contributed by atoms with Gasteiger partial charge < -0.3 is 19.9 Å². The van der Waals surface area contributed by atoms with Crippen LogP contribution in [0.25, 0.3) is 0 Å². The van der Waals surface area contributed by atoms with E-state index in [9.17, 15) is 13.5 Å². The van der Waals surface area contributed by atoms with Crippen LogP contribution in [0.2, 0.25) is 0 Å². The second kappa shape index (κ2) is 7.85. The minimum absolute atomic E-state index is 0.0756. The third-order valence-electron chi connectivity index (χ3n) is 6.53. The highest BCUT2D eigenvalue weighted by Crippen LogP contribution is 2.52. The van der Waals surface area contributed by atoms with E-state index in [2.05, 4.69) is 17.5 Å². The van der Waals surface area contributed by atoms with Crippen molar-refractivity contribution in [2.75, 3.05) is 38.7 Å². The first kappa shape index (κ1) is 20.4. The van der Waals surface area contributed by atoms with E-state index in [0.29, 0.717) is 36.9 Å². The topological polar surface area (TPSA) is 88.1 Å². The predicted molar refractivity (Wildman–Crippen MR) is 117 cm³/mol. The maximum atomic E-state index is 13.2. The second-order valence-electron chi connectivity index (χ2n) is 8.14. The van der Waals surface area contributed by atoms with Crippen molar-refractivity contribution in [3.05, 3.63) is 59.7 Å². The van der Waals surface area contributed by atoms with Gasteiger partial charge in [0.2, 0.25) is 10.0 Å². The Kier molecular flexibility index (Phi) is 5.16. The third-order valence-corrected chi connectivity index (χ3v) is 8.42. The van der Waals surface area contributed by atoms with Crippen LogP contribution in [0.3, 0.4) is 0 Å². The quantitative estimate of drug-likeness (QED) is 0.707. The molecule has 0 bridgehead atoms. The zero-order chi connectivity index (χ0) is 21.6. The van der Waals surface area contributed by atoms with Crippen LogP contribution >= 0.6 is 0 Å². The number of aromatic hydroxyl groups is 1. The van der Waals surface area contributed by atoms with Crippen molar-refractivity contribution in [3.8, 4) is 11.5 Å². The van der Waals surface area contributed by atoms with E-state index >= 15 is 0 Å². The molecule has 2 aromatic carbocycles. The summed E-state index contributed by atoms with van der Waals surface area (Å²) in [6.45, 7) is 1.59. The van der Waals surface area contributed by atoms with Gasteiger partial charge in [-0.2, -0.15) is 4.31 Å². The standard InChI is InChI=1S/C23H26N2O5S/c1-29-21-7-3-6-18(23(21)26)22-17-5-2-4-16(17)19-14-15(8-9-20(19)24-22)31(27,28)25-10-12-30-13-11-25/h2-4,6-9,14,16-17,22,24,26H,5,10-13H2,1H3. The number of hydrogen-bond donors (Lipinski definition) is 2. The molecule has 1 aliphatic carbocycles. The van der Waals surface area contributed by atoms with Gasteiger partial charge in [-0.15, -0.1) is 0 Å². The van der Waals surface area contributed by atoms with Crippen LogP contribution in [-0.4, -0.2) is 51.2 Å². The number of allylic oxidation sites excluding steroid dienone is 2. The Labute approximate surface area is 182 Å². The summed E-state index contributed by atoms with van der Waals surface area (Å²) in [4.78, 5) is 0.316. The predicted octanol–water partition coefficient (Wildman–Crippen LogP) is 3.25. The first-order valence-corrected chi connectivity index (χ1v) is 12.0. The molecule has 0 saturated carbocycles. The fraction of sp³-hybridized carbons (Fsp3) is 0.391. The van der Waals surface area contributed by atoms with E-state index < -0.39 is 10.0 Å². The van der Waals surface area contributed by atoms with Crippen molar-refractivity contribution in [1.82, 2.24) is 4.31 Å². The van der Waals surface area contributed by atoms with E-state index in [0.717, 1.165) is 23.2 Å². The molecular weight excluding hydrogens is 416 g/mol. The van der Waals surface area contributed by atoms with Gasteiger partial charge in [0.05, 0.1) is 31.3 Å². The van der Waals surface area contributed by atoms with E-state index in [-0.39, 0.29) is 23.6 Å². The van der Waals surface area contributed by atoms with E-state index in [4.69, 9.17) is 9.47 Å². The van der Waals surface area contributed by atoms with Gasteiger partial charge in [0.1, 0.15) is 0 Å². The number of sulfonamides is 1. The molecule has 0 radical (unpaired) electrons. The van der Waals surface area contributed by atoms with Crippen LogP contribution in [0.5, 0.6) is 11.5 Å². The Hall–Kier alpha value is -2.55. The number of anilines is 1. The van der Waals surface area contributed by atoms with Crippen LogP contribution in [0.15, 0.2) is 53.4 Å². The summed E-state index contributed by atoms with van der Waals surface area (Å²) in [6.07, 6.45) is 5.14. The molecule has 1 saturated heterocycles. The molecule has 1 fully saturated rings. The van der Waals surface area contributed by atoms with Gasteiger partial charge in [-0.25, -0.2) is 8.42 Å². The lowest BCUT2D eigenvalue weighted by Crippen LogP contribution is -2.40. The number of nitrogens with one attached hydrogen (secondary N) is 1. The zero-order valence-electron chi connectivity index (χ0n) is 17.3. The van der Waals surface area contributed by atoms with Crippen LogP contribution in [0.4, 0.5) is 5.69 Å². The summed E-state index contributed by atoms with van der Waals surface area (Å²) in [5, 5.41) is 14.3. The number of morpholine rings is 1. The molecular formula is C23H26N2O5S. The maximum absolute atomic E-state index is 13.2. The molecule has 3 atom stereocenters. The number of rotatable bonds is 4. The van der Waals surface area contributed by atoms with E-state index in [1.807, 2.05) is 24.3 Å². The highest BCUT2D eigenvalue weighted by Gasteiger charge is 2.40. The SMILES string of the molecule is COc1cccc(C2Nc3ccc(S(=O)(=O)N4CCOCC4)cc3C3C=CCC32)c1O. The average molecular weight is 443 g/mol. The van der Waals surface area contributed by atoms with Crippen LogP contribution in [0.1, 0.15) is 29.5 Å². The number of para-hydroxylation sites is 1. The summed E-state index contributed by atoms with van der Waals surface area (Å²) in [5.74, 6) is 0.834. The van der Waals surface area contributed by atoms with Crippen molar-refractivity contribution in [2.24, 2.45) is 5.92 Å². The zero-order valence-corrected chi connectivity index (χ0v) is 18.1. The first-order valence-electron chi connectivity index (χ1n) is 10.5. The Morgan fingerprint density at radius 1 is 1.16 bits per heavy atom. The molecule has 7 nitrogen and oxygen atoms in total. The molecule has 164 valence electrons. The summed E-state index contributed by atoms with van der Waals surface area (Å²) in [6, 6.07) is 10.7. The molecule has 2 N–H and O–H groups in total. The largest absolute Gasteiger partial charge is 0.504 e. The summed E-state index contributed by atoms with van der Waals surface area (Å²) in [7, 11) is -2.02. The lowest BCUT2D eigenvalue weighted by molar-refractivity contribution is 0.0730. The first-order chi connectivity index (χ1) is 15.0. The lowest BCUT2D eigenvalue weighted by atomic mass is 9.77. The minimum atomic E-state index is -3.56. The highest BCUT2D eigenvalue weighted by atomic mass is 32.2. The Morgan fingerprint density at radius 2 is 1.97 bits per heavy atom. The number of benzene rings is 2. The van der Waals surface area contributed by atoms with Crippen molar-refractivity contribution in [2.45, 2.75) is 23.3 Å². The Morgan fingerprint density at radius 3 is 2.74 bits per heavy atom. The molecule has 3 unspecified atom stereocenters.